The fraction of sp³-hybridized carbons (Fsp3) is 0.600. The lowest BCUT2D eigenvalue weighted by Crippen LogP contribution is -2.35. The minimum absolute atomic E-state index is 0.159. The first-order chi connectivity index (χ1) is 9.57. The zero-order valence-corrected chi connectivity index (χ0v) is 13.1. The van der Waals surface area contributed by atoms with Crippen LogP contribution in [0.5, 0.6) is 0 Å². The van der Waals surface area contributed by atoms with E-state index in [1.54, 1.807) is 23.5 Å². The molecule has 0 saturated heterocycles. The third-order valence-electron chi connectivity index (χ3n) is 4.03. The van der Waals surface area contributed by atoms with Crippen molar-refractivity contribution in [3.05, 3.63) is 29.8 Å². The van der Waals surface area contributed by atoms with Gasteiger partial charge in [0.2, 0.25) is 10.0 Å². The first kappa shape index (κ1) is 15.5. The summed E-state index contributed by atoms with van der Waals surface area (Å²) < 4.78 is 27.2. The Morgan fingerprint density at radius 1 is 1.25 bits per heavy atom. The Morgan fingerprint density at radius 3 is 2.55 bits per heavy atom. The van der Waals surface area contributed by atoms with E-state index in [2.05, 4.69) is 5.32 Å². The molecule has 0 aromatic heterocycles. The third-order valence-corrected chi connectivity index (χ3v) is 6.04. The second kappa shape index (κ2) is 6.70. The van der Waals surface area contributed by atoms with Gasteiger partial charge in [-0.25, -0.2) is 8.42 Å². The molecule has 0 unspecified atom stereocenters. The van der Waals surface area contributed by atoms with Crippen LogP contribution in [0, 0.1) is 0 Å². The largest absolute Gasteiger partial charge is 0.313 e. The fourth-order valence-corrected chi connectivity index (χ4v) is 4.42. The van der Waals surface area contributed by atoms with Crippen molar-refractivity contribution in [1.29, 1.82) is 0 Å². The molecule has 0 heterocycles. The smallest absolute Gasteiger partial charge is 0.243 e. The Labute approximate surface area is 122 Å². The SMILES string of the molecule is CCNCc1ccccc1S(=O)(=O)N(C)C1CCCC1. The number of nitrogens with one attached hydrogen (secondary N) is 1. The lowest BCUT2D eigenvalue weighted by atomic mass is 10.2. The van der Waals surface area contributed by atoms with E-state index in [1.807, 2.05) is 19.1 Å². The quantitative estimate of drug-likeness (QED) is 0.876. The second-order valence-corrected chi connectivity index (χ2v) is 7.31. The predicted molar refractivity (Wildman–Crippen MR) is 81.0 cm³/mol. The first-order valence-electron chi connectivity index (χ1n) is 7.34. The molecule has 5 heteroatoms. The number of nitrogens with zero attached hydrogens (tertiary/aromatic N) is 1. The Morgan fingerprint density at radius 2 is 1.90 bits per heavy atom. The maximum atomic E-state index is 12.8. The van der Waals surface area contributed by atoms with Gasteiger partial charge >= 0.3 is 0 Å². The molecule has 0 aliphatic heterocycles. The molecule has 1 N–H and O–H groups in total. The third kappa shape index (κ3) is 3.22. The normalized spacial score (nSPS) is 16.9. The minimum atomic E-state index is -3.39. The van der Waals surface area contributed by atoms with Crippen LogP contribution in [-0.4, -0.2) is 32.4 Å². The molecule has 1 saturated carbocycles. The summed E-state index contributed by atoms with van der Waals surface area (Å²) in [6, 6.07) is 7.45. The van der Waals surface area contributed by atoms with Crippen LogP contribution in [-0.2, 0) is 16.6 Å². The first-order valence-corrected chi connectivity index (χ1v) is 8.78. The molecule has 112 valence electrons. The summed E-state index contributed by atoms with van der Waals surface area (Å²) in [5, 5.41) is 3.20. The van der Waals surface area contributed by atoms with Gasteiger partial charge in [0.05, 0.1) is 4.90 Å². The molecular weight excluding hydrogens is 272 g/mol. The van der Waals surface area contributed by atoms with Gasteiger partial charge in [-0.15, -0.1) is 0 Å². The Bertz CT molecular complexity index is 537. The van der Waals surface area contributed by atoms with E-state index >= 15 is 0 Å². The van der Waals surface area contributed by atoms with E-state index in [0.717, 1.165) is 37.8 Å². The maximum Gasteiger partial charge on any atom is 0.243 e. The molecule has 0 radical (unpaired) electrons. The lowest BCUT2D eigenvalue weighted by molar-refractivity contribution is 0.372. The number of sulfonamides is 1. The monoisotopic (exact) mass is 296 g/mol. The van der Waals surface area contributed by atoms with Crippen LogP contribution in [0.15, 0.2) is 29.2 Å². The number of rotatable bonds is 6. The highest BCUT2D eigenvalue weighted by atomic mass is 32.2. The van der Waals surface area contributed by atoms with Crippen molar-refractivity contribution in [3.8, 4) is 0 Å². The summed E-state index contributed by atoms with van der Waals surface area (Å²) in [6.45, 7) is 3.43. The van der Waals surface area contributed by atoms with Crippen molar-refractivity contribution < 1.29 is 8.42 Å². The van der Waals surface area contributed by atoms with Crippen LogP contribution < -0.4 is 5.32 Å². The highest BCUT2D eigenvalue weighted by Crippen LogP contribution is 2.28. The average Bonchev–Trinajstić information content (AvgIpc) is 2.98. The fourth-order valence-electron chi connectivity index (χ4n) is 2.78. The molecule has 1 aromatic rings. The van der Waals surface area contributed by atoms with Gasteiger partial charge in [-0.1, -0.05) is 38.0 Å². The van der Waals surface area contributed by atoms with Crippen LogP contribution >= 0.6 is 0 Å². The van der Waals surface area contributed by atoms with Gasteiger partial charge in [-0.3, -0.25) is 0 Å². The number of hydrogen-bond donors (Lipinski definition) is 1. The van der Waals surface area contributed by atoms with Crippen molar-refractivity contribution in [1.82, 2.24) is 9.62 Å². The van der Waals surface area contributed by atoms with E-state index in [4.69, 9.17) is 0 Å². The van der Waals surface area contributed by atoms with Crippen molar-refractivity contribution in [2.24, 2.45) is 0 Å². The Balaban J connectivity index is 2.28. The molecule has 1 aromatic carbocycles. The summed E-state index contributed by atoms with van der Waals surface area (Å²) in [5.74, 6) is 0. The molecule has 0 bridgehead atoms. The minimum Gasteiger partial charge on any atom is -0.313 e. The van der Waals surface area contributed by atoms with E-state index in [-0.39, 0.29) is 6.04 Å². The molecule has 1 aliphatic rings. The second-order valence-electron chi connectivity index (χ2n) is 5.35. The van der Waals surface area contributed by atoms with E-state index in [9.17, 15) is 8.42 Å². The molecule has 1 fully saturated rings. The van der Waals surface area contributed by atoms with Crippen LogP contribution in [0.4, 0.5) is 0 Å². The molecule has 0 atom stereocenters. The van der Waals surface area contributed by atoms with Crippen molar-refractivity contribution in [2.75, 3.05) is 13.6 Å². The highest BCUT2D eigenvalue weighted by molar-refractivity contribution is 7.89. The van der Waals surface area contributed by atoms with Gasteiger partial charge in [0.15, 0.2) is 0 Å². The standard InChI is InChI=1S/C15H24N2O2S/c1-3-16-12-13-8-4-7-11-15(13)20(18,19)17(2)14-9-5-6-10-14/h4,7-8,11,14,16H,3,5-6,9-10,12H2,1-2H3. The van der Waals surface area contributed by atoms with Gasteiger partial charge in [0.1, 0.15) is 0 Å². The lowest BCUT2D eigenvalue weighted by Gasteiger charge is -2.25. The molecule has 2 rings (SSSR count). The maximum absolute atomic E-state index is 12.8. The van der Waals surface area contributed by atoms with Crippen LogP contribution in [0.3, 0.4) is 0 Å². The van der Waals surface area contributed by atoms with Crippen molar-refractivity contribution in [3.63, 3.8) is 0 Å². The zero-order chi connectivity index (χ0) is 14.6. The van der Waals surface area contributed by atoms with Crippen LogP contribution in [0.1, 0.15) is 38.2 Å². The van der Waals surface area contributed by atoms with Gasteiger partial charge in [-0.05, 0) is 31.0 Å². The van der Waals surface area contributed by atoms with Gasteiger partial charge < -0.3 is 5.32 Å². The number of hydrogen-bond acceptors (Lipinski definition) is 3. The summed E-state index contributed by atoms with van der Waals surface area (Å²) in [6.07, 6.45) is 4.21. The summed E-state index contributed by atoms with van der Waals surface area (Å²) in [4.78, 5) is 0.440. The number of benzene rings is 1. The average molecular weight is 296 g/mol. The summed E-state index contributed by atoms with van der Waals surface area (Å²) >= 11 is 0. The Kier molecular flexibility index (Phi) is 5.18. The van der Waals surface area contributed by atoms with Gasteiger partial charge in [0.25, 0.3) is 0 Å². The Hall–Kier alpha value is -0.910. The van der Waals surface area contributed by atoms with Gasteiger partial charge in [-0.2, -0.15) is 4.31 Å². The van der Waals surface area contributed by atoms with Crippen molar-refractivity contribution in [2.45, 2.75) is 50.1 Å². The highest BCUT2D eigenvalue weighted by Gasteiger charge is 2.31. The van der Waals surface area contributed by atoms with Crippen LogP contribution in [0.2, 0.25) is 0 Å². The van der Waals surface area contributed by atoms with Gasteiger partial charge in [0, 0.05) is 19.6 Å². The van der Waals surface area contributed by atoms with E-state index in [0.29, 0.717) is 11.4 Å². The molecule has 0 amide bonds. The zero-order valence-electron chi connectivity index (χ0n) is 12.3. The van der Waals surface area contributed by atoms with Crippen molar-refractivity contribution >= 4 is 10.0 Å². The van der Waals surface area contributed by atoms with Crippen LogP contribution in [0.25, 0.3) is 0 Å². The molecule has 20 heavy (non-hydrogen) atoms. The van der Waals surface area contributed by atoms with E-state index < -0.39 is 10.0 Å². The molecule has 1 aliphatic carbocycles. The molecule has 4 nitrogen and oxygen atoms in total. The molecular formula is C15H24N2O2S. The summed E-state index contributed by atoms with van der Waals surface area (Å²) in [5.41, 5.74) is 0.846. The molecule has 0 spiro atoms. The summed E-state index contributed by atoms with van der Waals surface area (Å²) in [7, 11) is -1.67. The van der Waals surface area contributed by atoms with E-state index in [1.165, 1.54) is 0 Å². The topological polar surface area (TPSA) is 49.4 Å². The predicted octanol–water partition coefficient (Wildman–Crippen LogP) is 2.36.